The molecule has 7 nitrogen and oxygen atoms in total. The molecule has 0 radical (unpaired) electrons. The zero-order valence-electron chi connectivity index (χ0n) is 15.3. The van der Waals surface area contributed by atoms with Crippen LogP contribution in [0.15, 0.2) is 64.5 Å². The molecule has 0 atom stereocenters. The van der Waals surface area contributed by atoms with E-state index in [2.05, 4.69) is 9.71 Å². The molecule has 0 aliphatic heterocycles. The first-order valence-electron chi connectivity index (χ1n) is 8.46. The third-order valence-electron chi connectivity index (χ3n) is 4.09. The number of ether oxygens (including phenoxy) is 1. The van der Waals surface area contributed by atoms with Crippen molar-refractivity contribution in [1.82, 2.24) is 14.3 Å². The molecule has 0 aliphatic carbocycles. The van der Waals surface area contributed by atoms with Gasteiger partial charge in [-0.2, -0.15) is 0 Å². The van der Waals surface area contributed by atoms with E-state index in [0.717, 1.165) is 17.7 Å². The topological polar surface area (TPSA) is 90.3 Å². The van der Waals surface area contributed by atoms with E-state index in [-0.39, 0.29) is 18.6 Å². The summed E-state index contributed by atoms with van der Waals surface area (Å²) >= 11 is 0. The van der Waals surface area contributed by atoms with Gasteiger partial charge < -0.3 is 4.74 Å². The Morgan fingerprint density at radius 2 is 1.83 bits per heavy atom. The fraction of sp³-hybridized carbons (Fsp3) is 0.158. The normalized spacial score (nSPS) is 11.4. The highest BCUT2D eigenvalue weighted by molar-refractivity contribution is 7.89. The summed E-state index contributed by atoms with van der Waals surface area (Å²) in [4.78, 5) is 15.7. The lowest BCUT2D eigenvalue weighted by Gasteiger charge is -2.10. The van der Waals surface area contributed by atoms with Gasteiger partial charge in [-0.3, -0.25) is 9.36 Å². The first-order valence-corrected chi connectivity index (χ1v) is 9.94. The molecule has 0 unspecified atom stereocenters. The summed E-state index contributed by atoms with van der Waals surface area (Å²) < 4.78 is 59.6. The number of sulfonamides is 1. The van der Waals surface area contributed by atoms with Gasteiger partial charge in [-0.25, -0.2) is 26.9 Å². The molecule has 0 saturated heterocycles. The van der Waals surface area contributed by atoms with Gasteiger partial charge >= 0.3 is 0 Å². The lowest BCUT2D eigenvalue weighted by molar-refractivity contribution is 0.415. The molecule has 3 rings (SSSR count). The van der Waals surface area contributed by atoms with Crippen LogP contribution < -0.4 is 15.0 Å². The number of nitrogens with zero attached hydrogens (tertiary/aromatic N) is 2. The third kappa shape index (κ3) is 4.84. The average Bonchev–Trinajstić information content (AvgIpc) is 2.71. The smallest absolute Gasteiger partial charge is 0.253 e. The van der Waals surface area contributed by atoms with Crippen molar-refractivity contribution in [1.29, 1.82) is 0 Å². The number of benzene rings is 2. The van der Waals surface area contributed by atoms with Crippen LogP contribution >= 0.6 is 0 Å². The monoisotopic (exact) mass is 421 g/mol. The molecule has 0 fully saturated rings. The Morgan fingerprint density at radius 3 is 2.48 bits per heavy atom. The number of nitrogens with one attached hydrogen (secondary N) is 1. The van der Waals surface area contributed by atoms with Crippen molar-refractivity contribution in [2.45, 2.75) is 11.4 Å². The van der Waals surface area contributed by atoms with E-state index in [1.165, 1.54) is 17.0 Å². The Morgan fingerprint density at radius 1 is 1.10 bits per heavy atom. The van der Waals surface area contributed by atoms with E-state index in [1.807, 2.05) is 0 Å². The number of aromatic nitrogens is 2. The average molecular weight is 421 g/mol. The van der Waals surface area contributed by atoms with Crippen molar-refractivity contribution in [2.24, 2.45) is 0 Å². The molecule has 0 aliphatic rings. The van der Waals surface area contributed by atoms with E-state index in [0.29, 0.717) is 17.5 Å². The summed E-state index contributed by atoms with van der Waals surface area (Å²) in [6, 6.07) is 10.5. The number of hydrogen-bond donors (Lipinski definition) is 1. The van der Waals surface area contributed by atoms with Crippen LogP contribution in [-0.2, 0) is 16.6 Å². The second kappa shape index (κ2) is 8.50. The number of hydrogen-bond acceptors (Lipinski definition) is 5. The Labute approximate surface area is 165 Å². The Bertz CT molecular complexity index is 1180. The fourth-order valence-corrected chi connectivity index (χ4v) is 3.68. The predicted octanol–water partition coefficient (Wildman–Crippen LogP) is 2.18. The molecular formula is C19H17F2N3O4S. The largest absolute Gasteiger partial charge is 0.497 e. The van der Waals surface area contributed by atoms with Crippen molar-refractivity contribution in [3.63, 3.8) is 0 Å². The molecule has 2 aromatic carbocycles. The molecule has 3 aromatic rings. The van der Waals surface area contributed by atoms with Gasteiger partial charge in [0.25, 0.3) is 5.56 Å². The number of halogens is 2. The molecule has 10 heteroatoms. The second-order valence-electron chi connectivity index (χ2n) is 6.01. The maximum absolute atomic E-state index is 13.7. The van der Waals surface area contributed by atoms with Gasteiger partial charge in [-0.05, 0) is 42.5 Å². The zero-order chi connectivity index (χ0) is 21.0. The highest BCUT2D eigenvalue weighted by Crippen LogP contribution is 2.19. The second-order valence-corrected chi connectivity index (χ2v) is 7.74. The molecule has 1 aromatic heterocycles. The van der Waals surface area contributed by atoms with E-state index in [9.17, 15) is 22.0 Å². The van der Waals surface area contributed by atoms with Crippen molar-refractivity contribution in [2.75, 3.05) is 13.7 Å². The number of rotatable bonds is 7. The van der Waals surface area contributed by atoms with Crippen molar-refractivity contribution >= 4 is 10.0 Å². The zero-order valence-corrected chi connectivity index (χ0v) is 16.1. The maximum atomic E-state index is 13.7. The van der Waals surface area contributed by atoms with Crippen LogP contribution in [0.4, 0.5) is 8.78 Å². The minimum atomic E-state index is -4.27. The summed E-state index contributed by atoms with van der Waals surface area (Å²) in [7, 11) is -2.72. The van der Waals surface area contributed by atoms with Gasteiger partial charge in [0.15, 0.2) is 0 Å². The molecule has 0 amide bonds. The van der Waals surface area contributed by atoms with Crippen LogP contribution in [0.25, 0.3) is 11.3 Å². The van der Waals surface area contributed by atoms with Crippen LogP contribution in [0.1, 0.15) is 0 Å². The fourth-order valence-electron chi connectivity index (χ4n) is 2.57. The highest BCUT2D eigenvalue weighted by Gasteiger charge is 2.19. The van der Waals surface area contributed by atoms with Crippen LogP contribution in [0, 0.1) is 11.6 Å². The first-order chi connectivity index (χ1) is 13.8. The first kappa shape index (κ1) is 20.6. The van der Waals surface area contributed by atoms with Crippen molar-refractivity contribution in [3.8, 4) is 17.0 Å². The third-order valence-corrected chi connectivity index (χ3v) is 5.57. The number of methoxy groups -OCH3 is 1. The Balaban J connectivity index is 1.69. The molecular weight excluding hydrogens is 404 g/mol. The standard InChI is InChI=1S/C19H17F2N3O4S/c1-28-15-5-2-13(3-6-15)17-11-19(25)24(12-22-17)9-8-23-29(26,27)18-10-14(20)4-7-16(18)21/h2-7,10-12,23H,8-9H2,1H3. The van der Waals surface area contributed by atoms with Gasteiger partial charge in [-0.15, -0.1) is 0 Å². The van der Waals surface area contributed by atoms with Crippen LogP contribution in [0.5, 0.6) is 5.75 Å². The SMILES string of the molecule is COc1ccc(-c2cc(=O)n(CCNS(=O)(=O)c3cc(F)ccc3F)cn2)cc1. The van der Waals surface area contributed by atoms with Crippen molar-refractivity contribution in [3.05, 3.63) is 76.8 Å². The maximum Gasteiger partial charge on any atom is 0.253 e. The molecule has 0 spiro atoms. The summed E-state index contributed by atoms with van der Waals surface area (Å²) in [5, 5.41) is 0. The van der Waals surface area contributed by atoms with E-state index < -0.39 is 26.6 Å². The highest BCUT2D eigenvalue weighted by atomic mass is 32.2. The van der Waals surface area contributed by atoms with Crippen LogP contribution in [-0.4, -0.2) is 31.6 Å². The van der Waals surface area contributed by atoms with Gasteiger partial charge in [0.2, 0.25) is 10.0 Å². The summed E-state index contributed by atoms with van der Waals surface area (Å²) in [5.41, 5.74) is 0.788. The Hall–Kier alpha value is -3.11. The molecule has 1 N–H and O–H groups in total. The minimum Gasteiger partial charge on any atom is -0.497 e. The molecule has 0 bridgehead atoms. The minimum absolute atomic E-state index is 0.0368. The van der Waals surface area contributed by atoms with Crippen LogP contribution in [0.2, 0.25) is 0 Å². The summed E-state index contributed by atoms with van der Waals surface area (Å²) in [6.45, 7) is -0.243. The quantitative estimate of drug-likeness (QED) is 0.632. The van der Waals surface area contributed by atoms with E-state index in [1.54, 1.807) is 31.4 Å². The van der Waals surface area contributed by atoms with Gasteiger partial charge in [0.05, 0.1) is 19.1 Å². The predicted molar refractivity (Wildman–Crippen MR) is 102 cm³/mol. The van der Waals surface area contributed by atoms with E-state index in [4.69, 9.17) is 4.74 Å². The summed E-state index contributed by atoms with van der Waals surface area (Å²) in [5.74, 6) is -1.27. The molecule has 152 valence electrons. The van der Waals surface area contributed by atoms with E-state index >= 15 is 0 Å². The molecule has 1 heterocycles. The lowest BCUT2D eigenvalue weighted by atomic mass is 10.1. The molecule has 0 saturated carbocycles. The van der Waals surface area contributed by atoms with Gasteiger partial charge in [0.1, 0.15) is 22.3 Å². The van der Waals surface area contributed by atoms with Crippen LogP contribution in [0.3, 0.4) is 0 Å². The summed E-state index contributed by atoms with van der Waals surface area (Å²) in [6.07, 6.45) is 1.29. The van der Waals surface area contributed by atoms with Crippen molar-refractivity contribution < 1.29 is 21.9 Å². The Kier molecular flexibility index (Phi) is 6.04. The lowest BCUT2D eigenvalue weighted by Crippen LogP contribution is -2.31. The van der Waals surface area contributed by atoms with Gasteiger partial charge in [0, 0.05) is 24.7 Å². The van der Waals surface area contributed by atoms with Gasteiger partial charge in [-0.1, -0.05) is 0 Å². The molecule has 29 heavy (non-hydrogen) atoms.